The summed E-state index contributed by atoms with van der Waals surface area (Å²) in [6.07, 6.45) is -4.48. The van der Waals surface area contributed by atoms with Gasteiger partial charge in [-0.15, -0.1) is 0 Å². The van der Waals surface area contributed by atoms with Crippen molar-refractivity contribution in [1.82, 2.24) is 14.8 Å². The zero-order valence-corrected chi connectivity index (χ0v) is 8.92. The molecule has 0 bridgehead atoms. The number of aryl methyl sites for hydroxylation is 1. The molecule has 0 aromatic carbocycles. The largest absolute Gasteiger partial charge is 0.481 e. The summed E-state index contributed by atoms with van der Waals surface area (Å²) >= 11 is 0.341. The number of hydrogen-bond acceptors (Lipinski definition) is 4. The van der Waals surface area contributed by atoms with Crippen LogP contribution in [-0.4, -0.2) is 37.3 Å². The molecule has 0 aliphatic rings. The molecular weight excluding hydrogens is 247 g/mol. The van der Waals surface area contributed by atoms with Crippen LogP contribution in [0.25, 0.3) is 0 Å². The van der Waals surface area contributed by atoms with E-state index < -0.39 is 23.8 Å². The Hall–Kier alpha value is -1.25. The molecule has 90 valence electrons. The van der Waals surface area contributed by atoms with Crippen molar-refractivity contribution in [1.29, 1.82) is 0 Å². The zero-order valence-electron chi connectivity index (χ0n) is 8.10. The van der Waals surface area contributed by atoms with E-state index in [1.807, 2.05) is 0 Å². The van der Waals surface area contributed by atoms with Gasteiger partial charge in [-0.2, -0.15) is 18.3 Å². The van der Waals surface area contributed by atoms with Crippen molar-refractivity contribution < 1.29 is 23.1 Å². The van der Waals surface area contributed by atoms with Gasteiger partial charge in [0.25, 0.3) is 0 Å². The van der Waals surface area contributed by atoms with E-state index in [-0.39, 0.29) is 5.16 Å². The van der Waals surface area contributed by atoms with Crippen LogP contribution in [0.4, 0.5) is 13.2 Å². The Morgan fingerprint density at radius 3 is 2.69 bits per heavy atom. The van der Waals surface area contributed by atoms with Gasteiger partial charge in [0.15, 0.2) is 5.16 Å². The fourth-order valence-corrected chi connectivity index (χ4v) is 1.82. The molecule has 0 saturated heterocycles. The number of carboxylic acids is 1. The molecule has 1 heterocycles. The summed E-state index contributed by atoms with van der Waals surface area (Å²) in [5.41, 5.74) is 0. The van der Waals surface area contributed by atoms with E-state index >= 15 is 0 Å². The van der Waals surface area contributed by atoms with Crippen molar-refractivity contribution in [2.24, 2.45) is 7.05 Å². The Kier molecular flexibility index (Phi) is 3.79. The van der Waals surface area contributed by atoms with Gasteiger partial charge in [-0.05, 0) is 0 Å². The molecule has 0 aliphatic carbocycles. The summed E-state index contributed by atoms with van der Waals surface area (Å²) in [5, 5.41) is 10.0. The minimum atomic E-state index is -4.59. The third kappa shape index (κ3) is 3.40. The van der Waals surface area contributed by atoms with Gasteiger partial charge in [0, 0.05) is 7.05 Å². The van der Waals surface area contributed by atoms with Crippen molar-refractivity contribution in [2.75, 3.05) is 0 Å². The quantitative estimate of drug-likeness (QED) is 0.821. The zero-order chi connectivity index (χ0) is 12.3. The Balaban J connectivity index is 2.79. The van der Waals surface area contributed by atoms with Gasteiger partial charge in [0.1, 0.15) is 11.6 Å². The van der Waals surface area contributed by atoms with Crippen LogP contribution < -0.4 is 0 Å². The number of thioether (sulfide) groups is 1. The fraction of sp³-hybridized carbons (Fsp3) is 0.571. The van der Waals surface area contributed by atoms with Crippen LogP contribution in [0.3, 0.4) is 0 Å². The van der Waals surface area contributed by atoms with Crippen molar-refractivity contribution in [3.63, 3.8) is 0 Å². The number of aromatic nitrogens is 3. The van der Waals surface area contributed by atoms with E-state index in [4.69, 9.17) is 5.11 Å². The van der Waals surface area contributed by atoms with E-state index in [1.165, 1.54) is 7.05 Å². The third-order valence-electron chi connectivity index (χ3n) is 1.64. The highest BCUT2D eigenvalue weighted by molar-refractivity contribution is 7.99. The van der Waals surface area contributed by atoms with E-state index in [1.54, 1.807) is 0 Å². The number of carboxylic acid groups (broad SMARTS) is 1. The Bertz CT molecular complexity index is 379. The topological polar surface area (TPSA) is 68.0 Å². The second kappa shape index (κ2) is 4.73. The predicted molar refractivity (Wildman–Crippen MR) is 49.0 cm³/mol. The van der Waals surface area contributed by atoms with Crippen LogP contribution >= 0.6 is 11.8 Å². The molecule has 1 unspecified atom stereocenters. The smallest absolute Gasteiger partial charge is 0.401 e. The molecule has 16 heavy (non-hydrogen) atoms. The molecule has 0 spiro atoms. The normalized spacial score (nSPS) is 13.8. The maximum absolute atomic E-state index is 12.5. The van der Waals surface area contributed by atoms with Crippen LogP contribution in [0, 0.1) is 0 Å². The average molecular weight is 255 g/mol. The minimum Gasteiger partial charge on any atom is -0.481 e. The first-order valence-electron chi connectivity index (χ1n) is 4.10. The molecule has 1 rings (SSSR count). The summed E-state index contributed by atoms with van der Waals surface area (Å²) in [6, 6.07) is 0. The van der Waals surface area contributed by atoms with Crippen LogP contribution in [0.5, 0.6) is 0 Å². The van der Waals surface area contributed by atoms with Gasteiger partial charge < -0.3 is 5.11 Å². The molecule has 9 heteroatoms. The van der Waals surface area contributed by atoms with E-state index in [9.17, 15) is 18.0 Å². The van der Waals surface area contributed by atoms with Crippen LogP contribution in [0.2, 0.25) is 0 Å². The second-order valence-electron chi connectivity index (χ2n) is 2.91. The summed E-state index contributed by atoms with van der Waals surface area (Å²) in [7, 11) is 1.43. The van der Waals surface area contributed by atoms with Gasteiger partial charge in [-0.25, -0.2) is 9.67 Å². The van der Waals surface area contributed by atoms with Gasteiger partial charge in [-0.3, -0.25) is 4.79 Å². The number of carbonyl (C=O) groups is 1. The first kappa shape index (κ1) is 12.8. The molecule has 1 aromatic heterocycles. The predicted octanol–water partition coefficient (Wildman–Crippen LogP) is 1.31. The van der Waals surface area contributed by atoms with Gasteiger partial charge in [0.05, 0.1) is 6.42 Å². The second-order valence-corrected chi connectivity index (χ2v) is 4.08. The highest BCUT2D eigenvalue weighted by atomic mass is 32.2. The molecule has 0 saturated carbocycles. The Morgan fingerprint density at radius 2 is 2.31 bits per heavy atom. The highest BCUT2D eigenvalue weighted by Crippen LogP contribution is 2.36. The summed E-state index contributed by atoms with van der Waals surface area (Å²) in [4.78, 5) is 13.9. The van der Waals surface area contributed by atoms with E-state index in [0.717, 1.165) is 11.0 Å². The number of halogens is 3. The standard InChI is InChI=1S/C7H8F3N3O2S/c1-13-6(11-3-12-13)16-4(2-5(14)15)7(8,9)10/h3-4H,2H2,1H3,(H,14,15). The Labute approximate surface area is 92.7 Å². The van der Waals surface area contributed by atoms with Gasteiger partial charge >= 0.3 is 12.1 Å². The number of hydrogen-bond donors (Lipinski definition) is 1. The highest BCUT2D eigenvalue weighted by Gasteiger charge is 2.42. The van der Waals surface area contributed by atoms with Gasteiger partial charge in [-0.1, -0.05) is 11.8 Å². The van der Waals surface area contributed by atoms with Crippen molar-refractivity contribution in [3.05, 3.63) is 6.33 Å². The van der Waals surface area contributed by atoms with Gasteiger partial charge in [0.2, 0.25) is 0 Å². The molecule has 0 fully saturated rings. The lowest BCUT2D eigenvalue weighted by Crippen LogP contribution is -2.28. The maximum atomic E-state index is 12.5. The van der Waals surface area contributed by atoms with Crippen LogP contribution in [0.15, 0.2) is 11.5 Å². The van der Waals surface area contributed by atoms with E-state index in [0.29, 0.717) is 11.8 Å². The lowest BCUT2D eigenvalue weighted by Gasteiger charge is -2.16. The molecule has 0 aliphatic heterocycles. The van der Waals surface area contributed by atoms with Crippen LogP contribution in [0.1, 0.15) is 6.42 Å². The summed E-state index contributed by atoms with van der Waals surface area (Å²) in [5.74, 6) is -1.50. The number of aliphatic carboxylic acids is 1. The molecule has 0 amide bonds. The molecule has 1 N–H and O–H groups in total. The molecule has 1 aromatic rings. The number of rotatable bonds is 4. The van der Waals surface area contributed by atoms with Crippen molar-refractivity contribution in [2.45, 2.75) is 23.0 Å². The summed E-state index contributed by atoms with van der Waals surface area (Å²) in [6.45, 7) is 0. The van der Waals surface area contributed by atoms with Crippen LogP contribution in [-0.2, 0) is 11.8 Å². The lowest BCUT2D eigenvalue weighted by atomic mass is 10.3. The summed E-state index contributed by atoms with van der Waals surface area (Å²) < 4.78 is 38.5. The minimum absolute atomic E-state index is 0.0311. The number of alkyl halides is 3. The average Bonchev–Trinajstić information content (AvgIpc) is 2.48. The first-order valence-corrected chi connectivity index (χ1v) is 4.98. The first-order chi connectivity index (χ1) is 7.30. The van der Waals surface area contributed by atoms with Crippen molar-refractivity contribution >= 4 is 17.7 Å². The maximum Gasteiger partial charge on any atom is 0.401 e. The molecular formula is C7H8F3N3O2S. The Morgan fingerprint density at radius 1 is 1.69 bits per heavy atom. The van der Waals surface area contributed by atoms with E-state index in [2.05, 4.69) is 10.1 Å². The molecule has 0 radical (unpaired) electrons. The SMILES string of the molecule is Cn1ncnc1SC(CC(=O)O)C(F)(F)F. The number of nitrogens with zero attached hydrogens (tertiary/aromatic N) is 3. The lowest BCUT2D eigenvalue weighted by molar-refractivity contribution is -0.149. The monoisotopic (exact) mass is 255 g/mol. The fourth-order valence-electron chi connectivity index (χ4n) is 0.902. The molecule has 5 nitrogen and oxygen atoms in total. The third-order valence-corrected chi connectivity index (χ3v) is 2.94. The molecule has 1 atom stereocenters. The van der Waals surface area contributed by atoms with Crippen molar-refractivity contribution in [3.8, 4) is 0 Å².